The number of hydrogen-bond donors (Lipinski definition) is 3. The minimum absolute atomic E-state index is 0.00505. The molecular weight excluding hydrogens is 571 g/mol. The Balaban J connectivity index is 1.93. The van der Waals surface area contributed by atoms with Gasteiger partial charge < -0.3 is 20.1 Å². The zero-order valence-electron chi connectivity index (χ0n) is 24.4. The van der Waals surface area contributed by atoms with Gasteiger partial charge in [-0.1, -0.05) is 18.2 Å². The molecule has 1 aliphatic rings. The van der Waals surface area contributed by atoms with E-state index in [0.717, 1.165) is 6.08 Å². The maximum absolute atomic E-state index is 13.8. The van der Waals surface area contributed by atoms with E-state index in [1.165, 1.54) is 31.4 Å². The Morgan fingerprint density at radius 2 is 1.76 bits per heavy atom. The van der Waals surface area contributed by atoms with Gasteiger partial charge in [-0.15, -0.1) is 0 Å². The van der Waals surface area contributed by atoms with E-state index in [0.29, 0.717) is 49.4 Å². The summed E-state index contributed by atoms with van der Waals surface area (Å²) in [4.78, 5) is 13.0. The number of anilines is 1. The molecule has 2 aromatic carbocycles. The van der Waals surface area contributed by atoms with Crippen LogP contribution < -0.4 is 20.1 Å². The van der Waals surface area contributed by atoms with Gasteiger partial charge in [-0.3, -0.25) is 4.79 Å². The minimum atomic E-state index is -4.49. The average Bonchev–Trinajstić information content (AvgIpc) is 2.91. The van der Waals surface area contributed by atoms with Crippen LogP contribution in [0, 0.1) is 0 Å². The monoisotopic (exact) mass is 609 g/mol. The molecule has 1 aliphatic carbocycles. The number of rotatable bonds is 12. The van der Waals surface area contributed by atoms with Gasteiger partial charge >= 0.3 is 6.18 Å². The molecule has 0 saturated carbocycles. The number of hydrogen-bond acceptors (Lipinski definition) is 6. The lowest BCUT2D eigenvalue weighted by Gasteiger charge is -2.22. The van der Waals surface area contributed by atoms with E-state index in [-0.39, 0.29) is 28.2 Å². The molecular formula is C30H38F3N3O5S. The van der Waals surface area contributed by atoms with Crippen LogP contribution in [-0.2, 0) is 21.2 Å². The molecule has 0 saturated heterocycles. The molecule has 1 amide bonds. The third-order valence-corrected chi connectivity index (χ3v) is 8.17. The Morgan fingerprint density at radius 3 is 2.40 bits per heavy atom. The highest BCUT2D eigenvalue weighted by Gasteiger charge is 2.36. The number of benzene rings is 2. The van der Waals surface area contributed by atoms with E-state index in [9.17, 15) is 26.4 Å². The number of halogens is 3. The predicted octanol–water partition coefficient (Wildman–Crippen LogP) is 5.47. The molecule has 2 aromatic rings. The fourth-order valence-electron chi connectivity index (χ4n) is 4.60. The van der Waals surface area contributed by atoms with Gasteiger partial charge in [0.25, 0.3) is 5.91 Å². The van der Waals surface area contributed by atoms with Gasteiger partial charge in [0.1, 0.15) is 10.6 Å². The van der Waals surface area contributed by atoms with Gasteiger partial charge in [-0.2, -0.15) is 13.2 Å². The number of alkyl halides is 3. The van der Waals surface area contributed by atoms with E-state index in [4.69, 9.17) is 9.47 Å². The second-order valence-electron chi connectivity index (χ2n) is 10.9. The zero-order chi connectivity index (χ0) is 31.1. The van der Waals surface area contributed by atoms with Crippen LogP contribution in [0.1, 0.15) is 55.1 Å². The molecule has 0 fully saturated rings. The van der Waals surface area contributed by atoms with E-state index >= 15 is 0 Å². The van der Waals surface area contributed by atoms with Crippen molar-refractivity contribution in [3.63, 3.8) is 0 Å². The fraction of sp³-hybridized carbons (Fsp3) is 0.433. The van der Waals surface area contributed by atoms with Crippen molar-refractivity contribution in [2.24, 2.45) is 0 Å². The number of ether oxygens (including phenoxy) is 2. The molecule has 0 spiro atoms. The van der Waals surface area contributed by atoms with Crippen molar-refractivity contribution in [1.29, 1.82) is 0 Å². The maximum atomic E-state index is 13.8. The molecule has 0 aliphatic heterocycles. The van der Waals surface area contributed by atoms with E-state index in [2.05, 4.69) is 15.4 Å². The summed E-state index contributed by atoms with van der Waals surface area (Å²) in [5.41, 5.74) is 0.503. The Hall–Kier alpha value is -3.19. The average molecular weight is 610 g/mol. The molecule has 0 atom stereocenters. The molecule has 0 aromatic heterocycles. The van der Waals surface area contributed by atoms with Crippen LogP contribution in [0.4, 0.5) is 18.9 Å². The van der Waals surface area contributed by atoms with Crippen molar-refractivity contribution in [3.8, 4) is 5.75 Å². The molecule has 8 nitrogen and oxygen atoms in total. The number of amides is 1. The van der Waals surface area contributed by atoms with Gasteiger partial charge in [0, 0.05) is 30.4 Å². The van der Waals surface area contributed by atoms with Crippen LogP contribution >= 0.6 is 0 Å². The zero-order valence-corrected chi connectivity index (χ0v) is 25.3. The summed E-state index contributed by atoms with van der Waals surface area (Å²) in [5, 5.41) is 5.98. The third kappa shape index (κ3) is 8.90. The maximum Gasteiger partial charge on any atom is 0.416 e. The van der Waals surface area contributed by atoms with Crippen molar-refractivity contribution in [2.75, 3.05) is 39.2 Å². The molecule has 230 valence electrons. The molecule has 3 rings (SSSR count). The lowest BCUT2D eigenvalue weighted by Crippen LogP contribution is -2.40. The predicted molar refractivity (Wildman–Crippen MR) is 157 cm³/mol. The lowest BCUT2D eigenvalue weighted by atomic mass is 9.87. The van der Waals surface area contributed by atoms with Crippen LogP contribution in [0.5, 0.6) is 5.75 Å². The first-order valence-electron chi connectivity index (χ1n) is 13.5. The van der Waals surface area contributed by atoms with Crippen molar-refractivity contribution in [3.05, 3.63) is 70.8 Å². The molecule has 3 N–H and O–H groups in total. The Bertz CT molecular complexity index is 1450. The fourth-order valence-corrected chi connectivity index (χ4v) is 6.17. The van der Waals surface area contributed by atoms with Gasteiger partial charge in [0.2, 0.25) is 10.0 Å². The SMILES string of the molecule is COCCNCCc1cc(NC(=O)c2ccc(S(=O)(=O)NC(C)(C)C)c(OC)c2)ccc1C1=C(C(F)(F)F)C=CCC1. The van der Waals surface area contributed by atoms with Crippen LogP contribution in [-0.4, -0.2) is 60.0 Å². The van der Waals surface area contributed by atoms with Gasteiger partial charge in [-0.05, 0) is 93.6 Å². The van der Waals surface area contributed by atoms with Gasteiger partial charge in [-0.25, -0.2) is 13.1 Å². The Labute approximate surface area is 245 Å². The molecule has 12 heteroatoms. The molecule has 0 bridgehead atoms. The van der Waals surface area contributed by atoms with Crippen molar-refractivity contribution >= 4 is 27.2 Å². The minimum Gasteiger partial charge on any atom is -0.495 e. The third-order valence-electron chi connectivity index (χ3n) is 6.37. The largest absolute Gasteiger partial charge is 0.495 e. The van der Waals surface area contributed by atoms with E-state index < -0.39 is 33.2 Å². The second kappa shape index (κ2) is 13.9. The standard InChI is InChI=1S/C30H38F3N3O5S/c1-29(2,3)36-42(38,39)27-13-10-21(19-26(27)41-5)28(37)35-22-11-12-23(20(18-22)14-15-34-16-17-40-4)24-8-6-7-9-25(24)30(31,32)33/h7,9-13,18-19,34,36H,6,8,14-17H2,1-5H3,(H,35,37). The van der Waals surface area contributed by atoms with Crippen LogP contribution in [0.25, 0.3) is 5.57 Å². The van der Waals surface area contributed by atoms with Crippen LogP contribution in [0.2, 0.25) is 0 Å². The van der Waals surface area contributed by atoms with Crippen molar-refractivity contribution in [1.82, 2.24) is 10.0 Å². The molecule has 0 radical (unpaired) electrons. The summed E-state index contributed by atoms with van der Waals surface area (Å²) in [5.74, 6) is -0.539. The Morgan fingerprint density at radius 1 is 1.02 bits per heavy atom. The van der Waals surface area contributed by atoms with Crippen LogP contribution in [0.3, 0.4) is 0 Å². The highest BCUT2D eigenvalue weighted by Crippen LogP contribution is 2.40. The number of carbonyl (C=O) groups excluding carboxylic acids is 1. The topological polar surface area (TPSA) is 106 Å². The Kier molecular flexibility index (Phi) is 11.0. The summed E-state index contributed by atoms with van der Waals surface area (Å²) in [6.07, 6.45) is -0.672. The molecule has 0 unspecified atom stereocenters. The molecule has 0 heterocycles. The van der Waals surface area contributed by atoms with E-state index in [1.54, 1.807) is 46.1 Å². The van der Waals surface area contributed by atoms with E-state index in [1.807, 2.05) is 0 Å². The first kappa shape index (κ1) is 33.3. The second-order valence-corrected chi connectivity index (χ2v) is 12.5. The number of methoxy groups -OCH3 is 2. The quantitative estimate of drug-likeness (QED) is 0.276. The number of nitrogens with one attached hydrogen (secondary N) is 3. The summed E-state index contributed by atoms with van der Waals surface area (Å²) in [7, 11) is -1.03. The van der Waals surface area contributed by atoms with Gasteiger partial charge in [0.15, 0.2) is 0 Å². The highest BCUT2D eigenvalue weighted by atomic mass is 32.2. The highest BCUT2D eigenvalue weighted by molar-refractivity contribution is 7.89. The summed E-state index contributed by atoms with van der Waals surface area (Å²) < 4.78 is 80.1. The summed E-state index contributed by atoms with van der Waals surface area (Å²) >= 11 is 0. The first-order chi connectivity index (χ1) is 19.7. The number of allylic oxidation sites excluding steroid dienone is 4. The number of sulfonamides is 1. The number of carbonyl (C=O) groups is 1. The normalized spacial score (nSPS) is 14.3. The van der Waals surface area contributed by atoms with Gasteiger partial charge in [0.05, 0.1) is 19.3 Å². The van der Waals surface area contributed by atoms with Crippen LogP contribution in [0.15, 0.2) is 59.0 Å². The molecule has 42 heavy (non-hydrogen) atoms. The first-order valence-corrected chi connectivity index (χ1v) is 15.0. The van der Waals surface area contributed by atoms with Crippen molar-refractivity contribution < 1.29 is 35.9 Å². The summed E-state index contributed by atoms with van der Waals surface area (Å²) in [6, 6.07) is 8.85. The smallest absolute Gasteiger partial charge is 0.416 e. The van der Waals surface area contributed by atoms with Crippen molar-refractivity contribution in [2.45, 2.75) is 56.6 Å². The lowest BCUT2D eigenvalue weighted by molar-refractivity contribution is -0.0879. The summed E-state index contributed by atoms with van der Waals surface area (Å²) in [6.45, 7) is 6.69.